The maximum Gasteiger partial charge on any atom is 0.320 e. The van der Waals surface area contributed by atoms with Crippen molar-refractivity contribution in [3.05, 3.63) is 47.3 Å². The Morgan fingerprint density at radius 3 is 2.47 bits per heavy atom. The van der Waals surface area contributed by atoms with Crippen LogP contribution in [-0.2, 0) is 4.79 Å². The molecule has 0 radical (unpaired) electrons. The zero-order chi connectivity index (χ0) is 12.8. The first-order valence-corrected chi connectivity index (χ1v) is 5.56. The predicted octanol–water partition coefficient (Wildman–Crippen LogP) is 2.98. The number of aliphatic hydroxyl groups excluding tert-OH is 1. The van der Waals surface area contributed by atoms with Gasteiger partial charge in [0.05, 0.1) is 0 Å². The van der Waals surface area contributed by atoms with Crippen LogP contribution in [0.25, 0.3) is 0 Å². The van der Waals surface area contributed by atoms with Crippen LogP contribution in [0.15, 0.2) is 47.3 Å². The van der Waals surface area contributed by atoms with Crippen molar-refractivity contribution in [2.24, 2.45) is 10.8 Å². The van der Waals surface area contributed by atoms with Crippen LogP contribution in [-0.4, -0.2) is 16.2 Å². The average Bonchev–Trinajstić information content (AvgIpc) is 2.22. The smallest absolute Gasteiger partial charge is 0.320 e. The number of allylic oxidation sites excluding steroid dienone is 6. The van der Waals surface area contributed by atoms with Crippen LogP contribution in [0.3, 0.4) is 0 Å². The van der Waals surface area contributed by atoms with Crippen molar-refractivity contribution in [1.29, 1.82) is 0 Å². The van der Waals surface area contributed by atoms with Gasteiger partial charge in [-0.15, -0.1) is 0 Å². The van der Waals surface area contributed by atoms with E-state index >= 15 is 0 Å². The van der Waals surface area contributed by atoms with Gasteiger partial charge in [-0.05, 0) is 12.5 Å². The molecule has 0 saturated carbocycles. The summed E-state index contributed by atoms with van der Waals surface area (Å²) >= 11 is 0. The maximum atomic E-state index is 11.3. The molecule has 0 aromatic rings. The Labute approximate surface area is 100 Å². The molecule has 1 unspecified atom stereocenters. The lowest BCUT2D eigenvalue weighted by atomic mass is 9.68. The number of aliphatic hydroxyl groups is 1. The molecule has 0 bridgehead atoms. The van der Waals surface area contributed by atoms with E-state index in [9.17, 15) is 15.0 Å². The molecule has 0 saturated heterocycles. The molecule has 2 N–H and O–H groups in total. The van der Waals surface area contributed by atoms with E-state index < -0.39 is 11.4 Å². The first-order valence-electron chi connectivity index (χ1n) is 5.56. The van der Waals surface area contributed by atoms with E-state index in [0.717, 1.165) is 5.57 Å². The molecule has 0 spiro atoms. The standard InChI is InChI=1S/C14H16O3/c1-13(2)7-4-5-9-6-8-14(3,12(16)17)11(15)10(9)13/h4-8,15H,1-3H3,(H,16,17). The highest BCUT2D eigenvalue weighted by Crippen LogP contribution is 2.46. The Hall–Kier alpha value is -1.77. The first kappa shape index (κ1) is 11.7. The van der Waals surface area contributed by atoms with Crippen LogP contribution < -0.4 is 0 Å². The molecule has 0 heterocycles. The van der Waals surface area contributed by atoms with Crippen LogP contribution in [0.4, 0.5) is 0 Å². The SMILES string of the molecule is CC1(C)C=CC=C2C=CC(C)(C(=O)O)C(O)=C21. The quantitative estimate of drug-likeness (QED) is 0.730. The van der Waals surface area contributed by atoms with E-state index in [4.69, 9.17) is 0 Å². The fourth-order valence-electron chi connectivity index (χ4n) is 2.28. The highest BCUT2D eigenvalue weighted by Gasteiger charge is 2.43. The minimum atomic E-state index is -1.32. The Morgan fingerprint density at radius 2 is 1.88 bits per heavy atom. The molecule has 2 aliphatic carbocycles. The maximum absolute atomic E-state index is 11.3. The number of carboxylic acid groups (broad SMARTS) is 1. The van der Waals surface area contributed by atoms with Crippen molar-refractivity contribution in [2.75, 3.05) is 0 Å². The second-order valence-corrected chi connectivity index (χ2v) is 5.27. The van der Waals surface area contributed by atoms with E-state index in [-0.39, 0.29) is 11.2 Å². The van der Waals surface area contributed by atoms with Gasteiger partial charge in [-0.2, -0.15) is 0 Å². The minimum absolute atomic E-state index is 0.0619. The second-order valence-electron chi connectivity index (χ2n) is 5.27. The molecule has 0 aliphatic heterocycles. The zero-order valence-electron chi connectivity index (χ0n) is 10.2. The van der Waals surface area contributed by atoms with Gasteiger partial charge in [0.2, 0.25) is 0 Å². The van der Waals surface area contributed by atoms with Crippen LogP contribution >= 0.6 is 0 Å². The normalized spacial score (nSPS) is 29.9. The van der Waals surface area contributed by atoms with Crippen LogP contribution in [0.1, 0.15) is 20.8 Å². The average molecular weight is 232 g/mol. The van der Waals surface area contributed by atoms with Crippen LogP contribution in [0, 0.1) is 10.8 Å². The Balaban J connectivity index is 2.67. The summed E-state index contributed by atoms with van der Waals surface area (Å²) in [6, 6.07) is 0. The fourth-order valence-corrected chi connectivity index (χ4v) is 2.28. The van der Waals surface area contributed by atoms with Gasteiger partial charge in [-0.25, -0.2) is 0 Å². The van der Waals surface area contributed by atoms with Gasteiger partial charge in [-0.1, -0.05) is 44.2 Å². The van der Waals surface area contributed by atoms with E-state index in [2.05, 4.69) is 0 Å². The number of aliphatic carboxylic acids is 1. The monoisotopic (exact) mass is 232 g/mol. The van der Waals surface area contributed by atoms with Crippen molar-refractivity contribution < 1.29 is 15.0 Å². The van der Waals surface area contributed by atoms with Crippen molar-refractivity contribution >= 4 is 5.97 Å². The van der Waals surface area contributed by atoms with Crippen LogP contribution in [0.5, 0.6) is 0 Å². The molecule has 17 heavy (non-hydrogen) atoms. The first-order chi connectivity index (χ1) is 7.79. The van der Waals surface area contributed by atoms with Gasteiger partial charge >= 0.3 is 5.97 Å². The molecule has 0 aromatic carbocycles. The largest absolute Gasteiger partial charge is 0.510 e. The highest BCUT2D eigenvalue weighted by molar-refractivity contribution is 5.82. The molecular formula is C14H16O3. The Bertz CT molecular complexity index is 504. The third kappa shape index (κ3) is 1.54. The van der Waals surface area contributed by atoms with E-state index in [0.29, 0.717) is 5.57 Å². The summed E-state index contributed by atoms with van der Waals surface area (Å²) in [4.78, 5) is 11.3. The molecule has 1 atom stereocenters. The molecule has 90 valence electrons. The Kier molecular flexibility index (Phi) is 2.31. The van der Waals surface area contributed by atoms with E-state index in [1.54, 1.807) is 6.08 Å². The molecule has 0 fully saturated rings. The topological polar surface area (TPSA) is 57.5 Å². The number of carboxylic acids is 1. The zero-order valence-corrected chi connectivity index (χ0v) is 10.2. The van der Waals surface area contributed by atoms with Gasteiger partial charge in [0.1, 0.15) is 11.2 Å². The summed E-state index contributed by atoms with van der Waals surface area (Å²) in [5.41, 5.74) is -0.0915. The highest BCUT2D eigenvalue weighted by atomic mass is 16.4. The summed E-state index contributed by atoms with van der Waals surface area (Å²) in [6.45, 7) is 5.44. The molecule has 2 aliphatic rings. The number of fused-ring (bicyclic) bond motifs is 1. The van der Waals surface area contributed by atoms with Crippen molar-refractivity contribution in [1.82, 2.24) is 0 Å². The molecule has 3 heteroatoms. The summed E-state index contributed by atoms with van der Waals surface area (Å²) < 4.78 is 0. The van der Waals surface area contributed by atoms with Gasteiger partial charge < -0.3 is 10.2 Å². The van der Waals surface area contributed by atoms with Gasteiger partial charge in [0, 0.05) is 11.0 Å². The van der Waals surface area contributed by atoms with Gasteiger partial charge in [0.25, 0.3) is 0 Å². The summed E-state index contributed by atoms with van der Waals surface area (Å²) in [5.74, 6) is -1.10. The molecular weight excluding hydrogens is 216 g/mol. The summed E-state index contributed by atoms with van der Waals surface area (Å²) in [7, 11) is 0. The second kappa shape index (κ2) is 3.36. The summed E-state index contributed by atoms with van der Waals surface area (Å²) in [5, 5.41) is 19.5. The van der Waals surface area contributed by atoms with Gasteiger partial charge in [-0.3, -0.25) is 4.79 Å². The molecule has 2 rings (SSSR count). The summed E-state index contributed by atoms with van der Waals surface area (Å²) in [6.07, 6.45) is 9.09. The van der Waals surface area contributed by atoms with E-state index in [1.165, 1.54) is 13.0 Å². The molecule has 0 aromatic heterocycles. The minimum Gasteiger partial charge on any atom is -0.510 e. The van der Waals surface area contributed by atoms with Crippen molar-refractivity contribution in [3.8, 4) is 0 Å². The lowest BCUT2D eigenvalue weighted by molar-refractivity contribution is -0.144. The predicted molar refractivity (Wildman–Crippen MR) is 65.5 cm³/mol. The van der Waals surface area contributed by atoms with Crippen LogP contribution in [0.2, 0.25) is 0 Å². The Morgan fingerprint density at radius 1 is 1.24 bits per heavy atom. The van der Waals surface area contributed by atoms with Crippen molar-refractivity contribution in [3.63, 3.8) is 0 Å². The third-order valence-corrected chi connectivity index (χ3v) is 3.49. The number of carbonyl (C=O) groups is 1. The van der Waals surface area contributed by atoms with Crippen molar-refractivity contribution in [2.45, 2.75) is 20.8 Å². The number of hydrogen-bond acceptors (Lipinski definition) is 2. The lowest BCUT2D eigenvalue weighted by Crippen LogP contribution is -2.34. The third-order valence-electron chi connectivity index (χ3n) is 3.49. The molecule has 0 amide bonds. The van der Waals surface area contributed by atoms with Gasteiger partial charge in [0.15, 0.2) is 0 Å². The molecule has 3 nitrogen and oxygen atoms in total. The van der Waals surface area contributed by atoms with E-state index in [1.807, 2.05) is 32.1 Å². The lowest BCUT2D eigenvalue weighted by Gasteiger charge is -2.36. The number of rotatable bonds is 1. The fraction of sp³-hybridized carbons (Fsp3) is 0.357. The number of hydrogen-bond donors (Lipinski definition) is 2.